The fourth-order valence-electron chi connectivity index (χ4n) is 2.05. The second-order valence-electron chi connectivity index (χ2n) is 4.32. The van der Waals surface area contributed by atoms with Crippen LogP contribution in [-0.2, 0) is 0 Å². The molecule has 2 aromatic carbocycles. The zero-order valence-electron chi connectivity index (χ0n) is 10.4. The summed E-state index contributed by atoms with van der Waals surface area (Å²) in [6.45, 7) is 0. The number of fused-ring (bicyclic) bond motifs is 1. The number of para-hydroxylation sites is 1. The number of pyridine rings is 1. The number of nitrogens with one attached hydrogen (secondary N) is 1. The summed E-state index contributed by atoms with van der Waals surface area (Å²) in [5.74, 6) is 0. The Morgan fingerprint density at radius 1 is 0.950 bits per heavy atom. The van der Waals surface area contributed by atoms with Crippen LogP contribution in [0.1, 0.15) is 0 Å². The van der Waals surface area contributed by atoms with Crippen LogP contribution in [0.4, 0.5) is 17.1 Å². The standard InChI is InChI=1S/C15H11Br2N3/c16-10-4-1-5-11(17)15(10)20-13-7-6-12(18)9-3-2-8-19-14(9)13/h1-8,20H,18H2. The first-order valence-corrected chi connectivity index (χ1v) is 7.59. The molecule has 0 spiro atoms. The number of benzene rings is 2. The smallest absolute Gasteiger partial charge is 0.0957 e. The highest BCUT2D eigenvalue weighted by Gasteiger charge is 2.09. The predicted octanol–water partition coefficient (Wildman–Crippen LogP) is 5.09. The molecule has 3 rings (SSSR count). The van der Waals surface area contributed by atoms with Crippen molar-refractivity contribution in [1.82, 2.24) is 4.98 Å². The van der Waals surface area contributed by atoms with Gasteiger partial charge >= 0.3 is 0 Å². The summed E-state index contributed by atoms with van der Waals surface area (Å²) in [7, 11) is 0. The van der Waals surface area contributed by atoms with E-state index in [0.29, 0.717) is 0 Å². The Balaban J connectivity index is 2.14. The number of anilines is 3. The Morgan fingerprint density at radius 2 is 1.70 bits per heavy atom. The molecule has 0 amide bonds. The Labute approximate surface area is 133 Å². The summed E-state index contributed by atoms with van der Waals surface area (Å²) < 4.78 is 1.96. The molecule has 0 saturated carbocycles. The van der Waals surface area contributed by atoms with Crippen molar-refractivity contribution in [3.8, 4) is 0 Å². The van der Waals surface area contributed by atoms with E-state index in [9.17, 15) is 0 Å². The molecule has 3 aromatic rings. The van der Waals surface area contributed by atoms with Crippen molar-refractivity contribution >= 4 is 59.8 Å². The SMILES string of the molecule is Nc1ccc(Nc2c(Br)cccc2Br)c2ncccc12. The lowest BCUT2D eigenvalue weighted by Crippen LogP contribution is -1.97. The van der Waals surface area contributed by atoms with E-state index in [4.69, 9.17) is 5.73 Å². The molecule has 0 fully saturated rings. The highest BCUT2D eigenvalue weighted by molar-refractivity contribution is 9.11. The van der Waals surface area contributed by atoms with Gasteiger partial charge in [0.1, 0.15) is 0 Å². The van der Waals surface area contributed by atoms with E-state index in [1.54, 1.807) is 6.20 Å². The van der Waals surface area contributed by atoms with E-state index < -0.39 is 0 Å². The van der Waals surface area contributed by atoms with E-state index in [0.717, 1.165) is 36.9 Å². The van der Waals surface area contributed by atoms with Crippen LogP contribution in [0.25, 0.3) is 10.9 Å². The minimum atomic E-state index is 0.727. The third kappa shape index (κ3) is 2.39. The molecule has 0 aliphatic rings. The van der Waals surface area contributed by atoms with Gasteiger partial charge in [0, 0.05) is 26.2 Å². The predicted molar refractivity (Wildman–Crippen MR) is 91.3 cm³/mol. The van der Waals surface area contributed by atoms with Gasteiger partial charge in [-0.15, -0.1) is 0 Å². The van der Waals surface area contributed by atoms with Crippen LogP contribution in [0, 0.1) is 0 Å². The molecule has 0 aliphatic heterocycles. The number of hydrogen-bond donors (Lipinski definition) is 2. The van der Waals surface area contributed by atoms with Gasteiger partial charge in [0.05, 0.1) is 16.9 Å². The second kappa shape index (κ2) is 5.42. The summed E-state index contributed by atoms with van der Waals surface area (Å²) in [5.41, 5.74) is 9.46. The van der Waals surface area contributed by atoms with E-state index >= 15 is 0 Å². The first kappa shape index (κ1) is 13.4. The lowest BCUT2D eigenvalue weighted by atomic mass is 10.1. The Bertz CT molecular complexity index is 767. The molecule has 0 bridgehead atoms. The van der Waals surface area contributed by atoms with Gasteiger partial charge in [-0.1, -0.05) is 6.07 Å². The molecule has 20 heavy (non-hydrogen) atoms. The Morgan fingerprint density at radius 3 is 2.45 bits per heavy atom. The van der Waals surface area contributed by atoms with Gasteiger partial charge in [-0.2, -0.15) is 0 Å². The van der Waals surface area contributed by atoms with Crippen LogP contribution in [0.3, 0.4) is 0 Å². The third-order valence-electron chi connectivity index (χ3n) is 3.03. The summed E-state index contributed by atoms with van der Waals surface area (Å²) in [6.07, 6.45) is 1.77. The van der Waals surface area contributed by atoms with Crippen LogP contribution < -0.4 is 11.1 Å². The number of nitrogens with zero attached hydrogens (tertiary/aromatic N) is 1. The zero-order valence-corrected chi connectivity index (χ0v) is 13.6. The van der Waals surface area contributed by atoms with Crippen LogP contribution >= 0.6 is 31.9 Å². The molecular weight excluding hydrogens is 382 g/mol. The maximum atomic E-state index is 5.99. The van der Waals surface area contributed by atoms with Crippen LogP contribution in [-0.4, -0.2) is 4.98 Å². The first-order chi connectivity index (χ1) is 9.66. The molecule has 1 heterocycles. The van der Waals surface area contributed by atoms with Crippen molar-refractivity contribution in [1.29, 1.82) is 0 Å². The molecule has 0 saturated heterocycles. The largest absolute Gasteiger partial charge is 0.398 e. The molecule has 0 unspecified atom stereocenters. The van der Waals surface area contributed by atoms with Crippen molar-refractivity contribution in [2.45, 2.75) is 0 Å². The van der Waals surface area contributed by atoms with Crippen LogP contribution in [0.15, 0.2) is 57.6 Å². The van der Waals surface area contributed by atoms with Crippen molar-refractivity contribution in [3.05, 3.63) is 57.6 Å². The van der Waals surface area contributed by atoms with Crippen molar-refractivity contribution in [2.24, 2.45) is 0 Å². The van der Waals surface area contributed by atoms with E-state index in [-0.39, 0.29) is 0 Å². The number of halogens is 2. The lowest BCUT2D eigenvalue weighted by Gasteiger charge is -2.13. The van der Waals surface area contributed by atoms with Gasteiger partial charge in [-0.05, 0) is 68.3 Å². The van der Waals surface area contributed by atoms with E-state index in [1.807, 2.05) is 42.5 Å². The van der Waals surface area contributed by atoms with Gasteiger partial charge in [0.25, 0.3) is 0 Å². The molecule has 100 valence electrons. The molecule has 0 atom stereocenters. The molecule has 5 heteroatoms. The number of nitrogen functional groups attached to an aromatic ring is 1. The molecule has 1 aromatic heterocycles. The molecule has 3 N–H and O–H groups in total. The van der Waals surface area contributed by atoms with E-state index in [1.165, 1.54) is 0 Å². The monoisotopic (exact) mass is 391 g/mol. The number of nitrogens with two attached hydrogens (primary N) is 1. The van der Waals surface area contributed by atoms with E-state index in [2.05, 4.69) is 42.2 Å². The van der Waals surface area contributed by atoms with Crippen molar-refractivity contribution in [3.63, 3.8) is 0 Å². The highest BCUT2D eigenvalue weighted by atomic mass is 79.9. The van der Waals surface area contributed by atoms with Gasteiger partial charge < -0.3 is 11.1 Å². The van der Waals surface area contributed by atoms with Gasteiger partial charge in [0.2, 0.25) is 0 Å². The topological polar surface area (TPSA) is 50.9 Å². The minimum Gasteiger partial charge on any atom is -0.398 e. The number of rotatable bonds is 2. The first-order valence-electron chi connectivity index (χ1n) is 6.01. The molecule has 0 aliphatic carbocycles. The Hall–Kier alpha value is -1.59. The van der Waals surface area contributed by atoms with Gasteiger partial charge in [-0.3, -0.25) is 4.98 Å². The third-order valence-corrected chi connectivity index (χ3v) is 4.35. The average molecular weight is 393 g/mol. The number of aromatic nitrogens is 1. The normalized spacial score (nSPS) is 10.7. The maximum absolute atomic E-state index is 5.99. The zero-order chi connectivity index (χ0) is 14.1. The number of hydrogen-bond acceptors (Lipinski definition) is 3. The summed E-state index contributed by atoms with van der Waals surface area (Å²) >= 11 is 7.09. The van der Waals surface area contributed by atoms with Crippen LogP contribution in [0.2, 0.25) is 0 Å². The summed E-state index contributed by atoms with van der Waals surface area (Å²) in [6, 6.07) is 13.6. The fourth-order valence-corrected chi connectivity index (χ4v) is 3.24. The van der Waals surface area contributed by atoms with Crippen molar-refractivity contribution < 1.29 is 0 Å². The quantitative estimate of drug-likeness (QED) is 0.597. The Kier molecular flexibility index (Phi) is 3.63. The molecule has 0 radical (unpaired) electrons. The molecular formula is C15H11Br2N3. The summed E-state index contributed by atoms with van der Waals surface area (Å²) in [5, 5.41) is 4.34. The summed E-state index contributed by atoms with van der Waals surface area (Å²) in [4.78, 5) is 4.42. The maximum Gasteiger partial charge on any atom is 0.0957 e. The fraction of sp³-hybridized carbons (Fsp3) is 0. The minimum absolute atomic E-state index is 0.727. The van der Waals surface area contributed by atoms with Crippen LogP contribution in [0.5, 0.6) is 0 Å². The molecule has 3 nitrogen and oxygen atoms in total. The van der Waals surface area contributed by atoms with Gasteiger partial charge in [-0.25, -0.2) is 0 Å². The van der Waals surface area contributed by atoms with Gasteiger partial charge in [0.15, 0.2) is 0 Å². The van der Waals surface area contributed by atoms with Crippen molar-refractivity contribution in [2.75, 3.05) is 11.1 Å². The lowest BCUT2D eigenvalue weighted by molar-refractivity contribution is 1.40. The second-order valence-corrected chi connectivity index (χ2v) is 6.03. The average Bonchev–Trinajstić information content (AvgIpc) is 2.46. The highest BCUT2D eigenvalue weighted by Crippen LogP contribution is 2.35.